The van der Waals surface area contributed by atoms with Crippen LogP contribution in [0, 0.1) is 39.0 Å². The molecule has 0 aliphatic rings. The lowest BCUT2D eigenvalue weighted by Gasteiger charge is -2.15. The average molecular weight is 266 g/mol. The number of anilines is 1. The fraction of sp³-hybridized carbons (Fsp3) is 0.312. The van der Waals surface area contributed by atoms with E-state index in [1.807, 2.05) is 6.07 Å². The summed E-state index contributed by atoms with van der Waals surface area (Å²) in [7, 11) is 0. The molecule has 1 heterocycles. The van der Waals surface area contributed by atoms with Crippen LogP contribution >= 0.6 is 0 Å². The van der Waals surface area contributed by atoms with Gasteiger partial charge in [0.1, 0.15) is 6.54 Å². The van der Waals surface area contributed by atoms with Gasteiger partial charge in [0, 0.05) is 18.0 Å². The van der Waals surface area contributed by atoms with Crippen LogP contribution in [-0.4, -0.2) is 16.5 Å². The second-order valence-corrected chi connectivity index (χ2v) is 4.94. The van der Waals surface area contributed by atoms with Crippen molar-refractivity contribution < 1.29 is 0 Å². The molecule has 0 atom stereocenters. The molecule has 0 aliphatic heterocycles. The summed E-state index contributed by atoms with van der Waals surface area (Å²) < 4.78 is 0. The van der Waals surface area contributed by atoms with Crippen molar-refractivity contribution in [2.24, 2.45) is 0 Å². The minimum atomic E-state index is 0.209. The molecule has 0 amide bonds. The van der Waals surface area contributed by atoms with Gasteiger partial charge in [-0.15, -0.1) is 0 Å². The molecule has 0 radical (unpaired) electrons. The molecule has 1 aromatic carbocycles. The summed E-state index contributed by atoms with van der Waals surface area (Å²) in [5.74, 6) is 0.481. The van der Waals surface area contributed by atoms with Gasteiger partial charge in [0.25, 0.3) is 0 Å². The molecule has 0 unspecified atom stereocenters. The van der Waals surface area contributed by atoms with Crippen LogP contribution in [-0.2, 0) is 0 Å². The summed E-state index contributed by atoms with van der Waals surface area (Å²) in [5.41, 5.74) is 7.28. The predicted molar refractivity (Wildman–Crippen MR) is 80.5 cm³/mol. The van der Waals surface area contributed by atoms with E-state index < -0.39 is 0 Å². The molecule has 0 saturated heterocycles. The third-order valence-corrected chi connectivity index (χ3v) is 3.63. The Balaban J connectivity index is 2.45. The molecule has 0 fully saturated rings. The first-order valence-corrected chi connectivity index (χ1v) is 6.55. The Morgan fingerprint density at radius 3 is 2.10 bits per heavy atom. The Labute approximate surface area is 119 Å². The predicted octanol–water partition coefficient (Wildman–Crippen LogP) is 3.31. The van der Waals surface area contributed by atoms with Crippen molar-refractivity contribution in [1.29, 1.82) is 5.26 Å². The van der Waals surface area contributed by atoms with Gasteiger partial charge in [0.15, 0.2) is 0 Å². The van der Waals surface area contributed by atoms with Crippen LogP contribution in [0.1, 0.15) is 22.3 Å². The Kier molecular flexibility index (Phi) is 3.99. The molecule has 0 aliphatic carbocycles. The number of nitrogens with zero attached hydrogens (tertiary/aromatic N) is 3. The molecule has 4 heteroatoms. The molecule has 2 rings (SSSR count). The van der Waals surface area contributed by atoms with Crippen molar-refractivity contribution in [2.45, 2.75) is 27.7 Å². The van der Waals surface area contributed by atoms with E-state index in [0.29, 0.717) is 5.95 Å². The Morgan fingerprint density at radius 1 is 1.05 bits per heavy atom. The highest BCUT2D eigenvalue weighted by atomic mass is 15.1. The van der Waals surface area contributed by atoms with Gasteiger partial charge in [-0.1, -0.05) is 6.07 Å². The van der Waals surface area contributed by atoms with E-state index in [4.69, 9.17) is 5.26 Å². The monoisotopic (exact) mass is 266 g/mol. The largest absolute Gasteiger partial charge is 0.341 e. The van der Waals surface area contributed by atoms with E-state index in [9.17, 15) is 0 Å². The fourth-order valence-electron chi connectivity index (χ4n) is 2.32. The average Bonchev–Trinajstić information content (AvgIpc) is 2.44. The number of hydrogen-bond acceptors (Lipinski definition) is 4. The van der Waals surface area contributed by atoms with Gasteiger partial charge in [0.2, 0.25) is 5.95 Å². The number of hydrogen-bond donors (Lipinski definition) is 1. The van der Waals surface area contributed by atoms with Crippen molar-refractivity contribution >= 4 is 5.95 Å². The van der Waals surface area contributed by atoms with Crippen molar-refractivity contribution in [3.63, 3.8) is 0 Å². The highest BCUT2D eigenvalue weighted by Gasteiger charge is 2.11. The van der Waals surface area contributed by atoms with Crippen LogP contribution in [0.5, 0.6) is 0 Å². The van der Waals surface area contributed by atoms with Crippen molar-refractivity contribution in [2.75, 3.05) is 11.9 Å². The number of nitrogens with one attached hydrogen (secondary N) is 1. The molecule has 0 bridgehead atoms. The number of nitriles is 1. The van der Waals surface area contributed by atoms with E-state index >= 15 is 0 Å². The second kappa shape index (κ2) is 5.70. The van der Waals surface area contributed by atoms with Gasteiger partial charge < -0.3 is 5.32 Å². The smallest absolute Gasteiger partial charge is 0.223 e. The maximum absolute atomic E-state index is 8.53. The maximum atomic E-state index is 8.53. The summed E-state index contributed by atoms with van der Waals surface area (Å²) in [5, 5.41) is 11.4. The van der Waals surface area contributed by atoms with Crippen LogP contribution < -0.4 is 5.32 Å². The topological polar surface area (TPSA) is 61.6 Å². The molecule has 20 heavy (non-hydrogen) atoms. The lowest BCUT2D eigenvalue weighted by atomic mass is 9.91. The normalized spacial score (nSPS) is 10.2. The summed E-state index contributed by atoms with van der Waals surface area (Å²) >= 11 is 0. The van der Waals surface area contributed by atoms with E-state index in [0.717, 1.165) is 5.56 Å². The summed E-state index contributed by atoms with van der Waals surface area (Å²) in [6.45, 7) is 8.70. The zero-order valence-corrected chi connectivity index (χ0v) is 12.3. The van der Waals surface area contributed by atoms with E-state index in [-0.39, 0.29) is 6.54 Å². The van der Waals surface area contributed by atoms with Crippen LogP contribution in [0.3, 0.4) is 0 Å². The standard InChI is InChI=1S/C16H18N4/c1-10-7-11(2)13(4)15(12(10)3)14-8-19-16(20-9-14)18-6-5-17/h7-9H,6H2,1-4H3,(H,18,19,20). The molecule has 0 saturated carbocycles. The lowest BCUT2D eigenvalue weighted by Crippen LogP contribution is -2.03. The van der Waals surface area contributed by atoms with Crippen LogP contribution in [0.15, 0.2) is 18.5 Å². The highest BCUT2D eigenvalue weighted by molar-refractivity contribution is 5.72. The summed E-state index contributed by atoms with van der Waals surface area (Å²) in [6, 6.07) is 4.21. The number of aromatic nitrogens is 2. The molecule has 102 valence electrons. The molecule has 1 N–H and O–H groups in total. The summed E-state index contributed by atoms with van der Waals surface area (Å²) in [4.78, 5) is 8.52. The number of rotatable bonds is 3. The van der Waals surface area contributed by atoms with Gasteiger partial charge in [0.05, 0.1) is 6.07 Å². The first kappa shape index (κ1) is 14.0. The molecular formula is C16H18N4. The third-order valence-electron chi connectivity index (χ3n) is 3.63. The van der Waals surface area contributed by atoms with Crippen LogP contribution in [0.4, 0.5) is 5.95 Å². The van der Waals surface area contributed by atoms with E-state index in [1.165, 1.54) is 27.8 Å². The van der Waals surface area contributed by atoms with Gasteiger partial charge in [-0.2, -0.15) is 5.26 Å². The minimum absolute atomic E-state index is 0.209. The summed E-state index contributed by atoms with van der Waals surface area (Å²) in [6.07, 6.45) is 3.61. The second-order valence-electron chi connectivity index (χ2n) is 4.94. The van der Waals surface area contributed by atoms with E-state index in [1.54, 1.807) is 12.4 Å². The minimum Gasteiger partial charge on any atom is -0.341 e. The quantitative estimate of drug-likeness (QED) is 0.866. The van der Waals surface area contributed by atoms with Crippen LogP contribution in [0.25, 0.3) is 11.1 Å². The highest BCUT2D eigenvalue weighted by Crippen LogP contribution is 2.30. The zero-order chi connectivity index (χ0) is 14.7. The van der Waals surface area contributed by atoms with Gasteiger partial charge in [-0.3, -0.25) is 0 Å². The molecular weight excluding hydrogens is 248 g/mol. The van der Waals surface area contributed by atoms with Crippen molar-refractivity contribution in [1.82, 2.24) is 9.97 Å². The Morgan fingerprint density at radius 2 is 1.60 bits per heavy atom. The fourth-order valence-corrected chi connectivity index (χ4v) is 2.32. The van der Waals surface area contributed by atoms with Crippen LogP contribution in [0.2, 0.25) is 0 Å². The molecule has 2 aromatic rings. The van der Waals surface area contributed by atoms with Crippen molar-refractivity contribution in [3.8, 4) is 17.2 Å². The third kappa shape index (κ3) is 2.62. The lowest BCUT2D eigenvalue weighted by molar-refractivity contribution is 1.12. The Bertz CT molecular complexity index is 640. The number of aryl methyl sites for hydroxylation is 2. The SMILES string of the molecule is Cc1cc(C)c(C)c(-c2cnc(NCC#N)nc2)c1C. The van der Waals surface area contributed by atoms with Gasteiger partial charge >= 0.3 is 0 Å². The first-order chi connectivity index (χ1) is 9.54. The van der Waals surface area contributed by atoms with E-state index in [2.05, 4.69) is 49.0 Å². The molecule has 0 spiro atoms. The van der Waals surface area contributed by atoms with Crippen molar-refractivity contribution in [3.05, 3.63) is 40.7 Å². The Hall–Kier alpha value is -2.41. The van der Waals surface area contributed by atoms with Gasteiger partial charge in [-0.25, -0.2) is 9.97 Å². The van der Waals surface area contributed by atoms with Gasteiger partial charge in [-0.05, 0) is 55.5 Å². The molecule has 4 nitrogen and oxygen atoms in total. The maximum Gasteiger partial charge on any atom is 0.223 e. The first-order valence-electron chi connectivity index (χ1n) is 6.55. The molecule has 1 aromatic heterocycles. The number of benzene rings is 1. The zero-order valence-electron chi connectivity index (χ0n) is 12.3.